The van der Waals surface area contributed by atoms with Crippen LogP contribution in [-0.2, 0) is 5.41 Å². The number of rotatable bonds is 5. The van der Waals surface area contributed by atoms with Crippen molar-refractivity contribution in [1.82, 2.24) is 4.98 Å². The molecule has 1 N–H and O–H groups in total. The Balaban J connectivity index is 2.58. The number of aromatic nitrogens is 1. The molecule has 0 fully saturated rings. The maximum Gasteiger partial charge on any atom is 0.126 e. The lowest BCUT2D eigenvalue weighted by atomic mass is 9.88. The van der Waals surface area contributed by atoms with Crippen LogP contribution >= 0.6 is 0 Å². The van der Waals surface area contributed by atoms with Crippen LogP contribution in [0.2, 0.25) is 0 Å². The Morgan fingerprint density at radius 2 is 1.89 bits per heavy atom. The van der Waals surface area contributed by atoms with E-state index in [1.165, 1.54) is 18.4 Å². The van der Waals surface area contributed by atoms with Gasteiger partial charge in [-0.25, -0.2) is 4.98 Å². The fraction of sp³-hybridized carbons (Fsp3) is 0.688. The molecule has 1 heterocycles. The van der Waals surface area contributed by atoms with Gasteiger partial charge in [0.1, 0.15) is 5.82 Å². The fourth-order valence-electron chi connectivity index (χ4n) is 2.00. The second-order valence-corrected chi connectivity index (χ2v) is 6.48. The van der Waals surface area contributed by atoms with Crippen molar-refractivity contribution in [2.75, 3.05) is 5.32 Å². The zero-order chi connectivity index (χ0) is 13.8. The Labute approximate surface area is 112 Å². The van der Waals surface area contributed by atoms with Crippen LogP contribution in [0.5, 0.6) is 0 Å². The average Bonchev–Trinajstić information content (AvgIpc) is 2.28. The first-order valence-corrected chi connectivity index (χ1v) is 7.06. The number of nitrogens with zero attached hydrogens (tertiary/aromatic N) is 1. The van der Waals surface area contributed by atoms with E-state index in [4.69, 9.17) is 0 Å². The third-order valence-corrected chi connectivity index (χ3v) is 3.48. The summed E-state index contributed by atoms with van der Waals surface area (Å²) >= 11 is 0. The third kappa shape index (κ3) is 4.67. The highest BCUT2D eigenvalue weighted by Crippen LogP contribution is 2.22. The predicted octanol–water partition coefficient (Wildman–Crippen LogP) is 4.62. The molecule has 0 spiro atoms. The third-order valence-electron chi connectivity index (χ3n) is 3.48. The van der Waals surface area contributed by atoms with Gasteiger partial charge in [0, 0.05) is 12.2 Å². The van der Waals surface area contributed by atoms with Crippen molar-refractivity contribution in [3.63, 3.8) is 0 Å². The minimum atomic E-state index is 0.174. The van der Waals surface area contributed by atoms with E-state index in [0.717, 1.165) is 11.7 Å². The molecule has 1 aromatic heterocycles. The first kappa shape index (κ1) is 15.0. The molecule has 2 heteroatoms. The summed E-state index contributed by atoms with van der Waals surface area (Å²) in [7, 11) is 0. The van der Waals surface area contributed by atoms with Crippen molar-refractivity contribution in [3.05, 3.63) is 23.9 Å². The molecule has 0 aliphatic rings. The fourth-order valence-corrected chi connectivity index (χ4v) is 2.00. The molecule has 1 rings (SSSR count). The SMILES string of the molecule is CCC(C)CC(C)Nc1ccc(C(C)(C)C)cn1. The summed E-state index contributed by atoms with van der Waals surface area (Å²) in [5.41, 5.74) is 1.45. The molecule has 0 saturated carbocycles. The van der Waals surface area contributed by atoms with Gasteiger partial charge < -0.3 is 5.32 Å². The largest absolute Gasteiger partial charge is 0.368 e. The van der Waals surface area contributed by atoms with Crippen molar-refractivity contribution in [2.24, 2.45) is 5.92 Å². The van der Waals surface area contributed by atoms with Crippen LogP contribution in [0.4, 0.5) is 5.82 Å². The van der Waals surface area contributed by atoms with Crippen molar-refractivity contribution in [2.45, 2.75) is 65.8 Å². The van der Waals surface area contributed by atoms with Gasteiger partial charge in [-0.3, -0.25) is 0 Å². The molecular weight excluding hydrogens is 220 g/mol. The Hall–Kier alpha value is -1.05. The monoisotopic (exact) mass is 248 g/mol. The van der Waals surface area contributed by atoms with Gasteiger partial charge in [0.25, 0.3) is 0 Å². The van der Waals surface area contributed by atoms with Crippen molar-refractivity contribution < 1.29 is 0 Å². The molecule has 0 bridgehead atoms. The predicted molar refractivity (Wildman–Crippen MR) is 80.1 cm³/mol. The Bertz CT molecular complexity index is 348. The molecule has 0 amide bonds. The molecule has 1 aromatic rings. The first-order valence-electron chi connectivity index (χ1n) is 7.06. The quantitative estimate of drug-likeness (QED) is 0.822. The number of hydrogen-bond acceptors (Lipinski definition) is 2. The van der Waals surface area contributed by atoms with Gasteiger partial charge in [0.15, 0.2) is 0 Å². The molecule has 0 aromatic carbocycles. The van der Waals surface area contributed by atoms with E-state index in [2.05, 4.69) is 64.0 Å². The van der Waals surface area contributed by atoms with E-state index in [1.807, 2.05) is 6.20 Å². The van der Waals surface area contributed by atoms with Crippen LogP contribution in [0.25, 0.3) is 0 Å². The van der Waals surface area contributed by atoms with Crippen LogP contribution in [-0.4, -0.2) is 11.0 Å². The lowest BCUT2D eigenvalue weighted by Crippen LogP contribution is -2.19. The number of anilines is 1. The van der Waals surface area contributed by atoms with E-state index < -0.39 is 0 Å². The van der Waals surface area contributed by atoms with Crippen molar-refractivity contribution in [1.29, 1.82) is 0 Å². The summed E-state index contributed by atoms with van der Waals surface area (Å²) in [6.45, 7) is 13.4. The highest BCUT2D eigenvalue weighted by molar-refractivity contribution is 5.37. The summed E-state index contributed by atoms with van der Waals surface area (Å²) in [6.07, 6.45) is 4.42. The maximum atomic E-state index is 4.51. The minimum Gasteiger partial charge on any atom is -0.368 e. The zero-order valence-corrected chi connectivity index (χ0v) is 12.7. The first-order chi connectivity index (χ1) is 8.32. The molecule has 0 aliphatic heterocycles. The van der Waals surface area contributed by atoms with Crippen molar-refractivity contribution in [3.8, 4) is 0 Å². The Morgan fingerprint density at radius 1 is 1.22 bits per heavy atom. The second-order valence-electron chi connectivity index (χ2n) is 6.48. The molecule has 0 saturated heterocycles. The second kappa shape index (κ2) is 6.21. The van der Waals surface area contributed by atoms with Gasteiger partial charge >= 0.3 is 0 Å². The van der Waals surface area contributed by atoms with Crippen LogP contribution in [0.15, 0.2) is 18.3 Å². The van der Waals surface area contributed by atoms with E-state index in [9.17, 15) is 0 Å². The van der Waals surface area contributed by atoms with E-state index in [-0.39, 0.29) is 5.41 Å². The number of pyridine rings is 1. The smallest absolute Gasteiger partial charge is 0.126 e. The topological polar surface area (TPSA) is 24.9 Å². The Morgan fingerprint density at radius 3 is 2.33 bits per heavy atom. The molecule has 2 unspecified atom stereocenters. The maximum absolute atomic E-state index is 4.51. The van der Waals surface area contributed by atoms with Crippen molar-refractivity contribution >= 4 is 5.82 Å². The molecule has 18 heavy (non-hydrogen) atoms. The highest BCUT2D eigenvalue weighted by atomic mass is 15.0. The molecule has 2 atom stereocenters. The van der Waals surface area contributed by atoms with Crippen LogP contribution in [0, 0.1) is 5.92 Å². The van der Waals surface area contributed by atoms with E-state index in [0.29, 0.717) is 6.04 Å². The Kier molecular flexibility index (Phi) is 5.18. The lowest BCUT2D eigenvalue weighted by Gasteiger charge is -2.20. The summed E-state index contributed by atoms with van der Waals surface area (Å²) in [6, 6.07) is 4.74. The summed E-state index contributed by atoms with van der Waals surface area (Å²) in [5, 5.41) is 3.47. The van der Waals surface area contributed by atoms with Gasteiger partial charge in [-0.15, -0.1) is 0 Å². The van der Waals surface area contributed by atoms with Gasteiger partial charge in [-0.05, 0) is 36.3 Å². The molecular formula is C16H28N2. The number of nitrogens with one attached hydrogen (secondary N) is 1. The zero-order valence-electron chi connectivity index (χ0n) is 12.7. The van der Waals surface area contributed by atoms with Gasteiger partial charge in [-0.1, -0.05) is 47.1 Å². The number of hydrogen-bond donors (Lipinski definition) is 1. The standard InChI is InChI=1S/C16H28N2/c1-7-12(2)10-13(3)18-15-9-8-14(11-17-15)16(4,5)6/h8-9,11-13H,7,10H2,1-6H3,(H,17,18). The lowest BCUT2D eigenvalue weighted by molar-refractivity contribution is 0.483. The van der Waals surface area contributed by atoms with E-state index >= 15 is 0 Å². The summed E-state index contributed by atoms with van der Waals surface area (Å²) in [4.78, 5) is 4.51. The average molecular weight is 248 g/mol. The normalized spacial score (nSPS) is 15.2. The van der Waals surface area contributed by atoms with Crippen LogP contribution < -0.4 is 5.32 Å². The molecule has 102 valence electrons. The van der Waals surface area contributed by atoms with Gasteiger partial charge in [0.05, 0.1) is 0 Å². The van der Waals surface area contributed by atoms with Gasteiger partial charge in [0.2, 0.25) is 0 Å². The molecule has 2 nitrogen and oxygen atoms in total. The summed E-state index contributed by atoms with van der Waals surface area (Å²) < 4.78 is 0. The van der Waals surface area contributed by atoms with Crippen LogP contribution in [0.1, 0.15) is 59.9 Å². The van der Waals surface area contributed by atoms with E-state index in [1.54, 1.807) is 0 Å². The molecule has 0 aliphatic carbocycles. The molecule has 0 radical (unpaired) electrons. The van der Waals surface area contributed by atoms with Crippen LogP contribution in [0.3, 0.4) is 0 Å². The highest BCUT2D eigenvalue weighted by Gasteiger charge is 2.14. The van der Waals surface area contributed by atoms with Gasteiger partial charge in [-0.2, -0.15) is 0 Å². The summed E-state index contributed by atoms with van der Waals surface area (Å²) in [5.74, 6) is 1.75. The minimum absolute atomic E-state index is 0.174.